The Balaban J connectivity index is -0.000000315. The predicted octanol–water partition coefficient (Wildman–Crippen LogP) is 2.76. The van der Waals surface area contributed by atoms with Crippen molar-refractivity contribution in [2.24, 2.45) is 10.9 Å². The summed E-state index contributed by atoms with van der Waals surface area (Å²) in [4.78, 5) is 30.2. The molecule has 0 heterocycles. The van der Waals surface area contributed by atoms with Gasteiger partial charge in [0.05, 0.1) is 6.54 Å². The third-order valence-corrected chi connectivity index (χ3v) is 2.62. The largest absolute Gasteiger partial charge is 0.234 e. The van der Waals surface area contributed by atoms with Crippen LogP contribution in [0, 0.1) is 16.7 Å². The van der Waals surface area contributed by atoms with E-state index in [2.05, 4.69) is 34.5 Å². The maximum absolute atomic E-state index is 9.89. The van der Waals surface area contributed by atoms with Crippen molar-refractivity contribution in [3.63, 3.8) is 0 Å². The highest BCUT2D eigenvalue weighted by molar-refractivity contribution is 14.1. The molecule has 0 saturated heterocycles. The Morgan fingerprint density at radius 3 is 2.00 bits per heavy atom. The van der Waals surface area contributed by atoms with E-state index in [1.165, 1.54) is 30.1 Å². The van der Waals surface area contributed by atoms with Gasteiger partial charge in [0.25, 0.3) is 0 Å². The number of hydrogen-bond acceptors (Lipinski definition) is 6. The summed E-state index contributed by atoms with van der Waals surface area (Å²) in [6, 6.07) is 0. The SMILES string of the molecule is CCCC(CCCI)CN=C=O.N=C=O.N=C=O. The first kappa shape index (κ1) is 22.1. The van der Waals surface area contributed by atoms with Crippen LogP contribution in [0.25, 0.3) is 0 Å². The smallest absolute Gasteiger partial charge is 0.222 e. The summed E-state index contributed by atoms with van der Waals surface area (Å²) in [6.07, 6.45) is 7.90. The van der Waals surface area contributed by atoms with Crippen molar-refractivity contribution < 1.29 is 14.4 Å². The van der Waals surface area contributed by atoms with E-state index >= 15 is 0 Å². The number of hydrogen-bond donors (Lipinski definition) is 2. The van der Waals surface area contributed by atoms with Crippen LogP contribution < -0.4 is 0 Å². The van der Waals surface area contributed by atoms with Gasteiger partial charge in [-0.05, 0) is 29.6 Å². The first-order valence-electron chi connectivity index (χ1n) is 5.35. The second-order valence-electron chi connectivity index (χ2n) is 3.12. The monoisotopic (exact) mass is 367 g/mol. The highest BCUT2D eigenvalue weighted by atomic mass is 127. The Morgan fingerprint density at radius 2 is 1.67 bits per heavy atom. The molecule has 0 aliphatic heterocycles. The number of nitrogens with zero attached hydrogens (tertiary/aromatic N) is 1. The van der Waals surface area contributed by atoms with Crippen LogP contribution in [0.5, 0.6) is 0 Å². The predicted molar refractivity (Wildman–Crippen MR) is 76.3 cm³/mol. The minimum absolute atomic E-state index is 0.603. The lowest BCUT2D eigenvalue weighted by molar-refractivity contribution is 0.452. The summed E-state index contributed by atoms with van der Waals surface area (Å²) in [5.41, 5.74) is 0. The van der Waals surface area contributed by atoms with E-state index in [0.717, 1.165) is 12.2 Å². The molecular weight excluding hydrogens is 349 g/mol. The lowest BCUT2D eigenvalue weighted by atomic mass is 9.99. The van der Waals surface area contributed by atoms with Crippen molar-refractivity contribution in [1.29, 1.82) is 10.8 Å². The van der Waals surface area contributed by atoms with Crippen molar-refractivity contribution >= 4 is 40.8 Å². The molecule has 0 rings (SSSR count). The number of carbonyl (C=O) groups excluding carboxylic acids is 3. The van der Waals surface area contributed by atoms with Gasteiger partial charge >= 0.3 is 0 Å². The number of rotatable bonds is 7. The van der Waals surface area contributed by atoms with Gasteiger partial charge in [0, 0.05) is 0 Å². The number of alkyl halides is 1. The fourth-order valence-electron chi connectivity index (χ4n) is 1.27. The summed E-state index contributed by atoms with van der Waals surface area (Å²) in [5.74, 6) is 0.603. The van der Waals surface area contributed by atoms with Crippen molar-refractivity contribution in [1.82, 2.24) is 0 Å². The van der Waals surface area contributed by atoms with Crippen LogP contribution in [0.2, 0.25) is 0 Å². The zero-order chi connectivity index (χ0) is 14.6. The van der Waals surface area contributed by atoms with E-state index in [4.69, 9.17) is 20.4 Å². The van der Waals surface area contributed by atoms with Crippen LogP contribution in [-0.2, 0) is 14.4 Å². The van der Waals surface area contributed by atoms with Crippen LogP contribution in [-0.4, -0.2) is 29.2 Å². The molecule has 18 heavy (non-hydrogen) atoms. The Labute approximate surface area is 120 Å². The van der Waals surface area contributed by atoms with Gasteiger partial charge in [-0.25, -0.2) is 30.2 Å². The third-order valence-electron chi connectivity index (χ3n) is 1.86. The fraction of sp³-hybridized carbons (Fsp3) is 0.727. The second kappa shape index (κ2) is 24.9. The van der Waals surface area contributed by atoms with Gasteiger partial charge in [-0.1, -0.05) is 35.9 Å². The molecule has 0 aromatic heterocycles. The van der Waals surface area contributed by atoms with Crippen LogP contribution >= 0.6 is 22.6 Å². The number of aliphatic imine (C=N–C) groups is 1. The third kappa shape index (κ3) is 29.4. The standard InChI is InChI=1S/C9H16INO.2CHNO/c1-2-4-9(5-3-6-10)7-11-8-12;2*2-1-3/h9H,2-7H2,1H3;2*2H. The number of isocyanates is 3. The molecule has 1 unspecified atom stereocenters. The van der Waals surface area contributed by atoms with Gasteiger partial charge in [-0.2, -0.15) is 0 Å². The van der Waals surface area contributed by atoms with Gasteiger partial charge in [0.15, 0.2) is 0 Å². The van der Waals surface area contributed by atoms with Gasteiger partial charge in [0.1, 0.15) is 0 Å². The number of halogens is 1. The molecule has 0 fully saturated rings. The van der Waals surface area contributed by atoms with Crippen LogP contribution in [0.4, 0.5) is 0 Å². The Hall–Kier alpha value is -1.13. The molecule has 0 radical (unpaired) electrons. The summed E-state index contributed by atoms with van der Waals surface area (Å²) in [5, 5.41) is 10.8. The molecule has 7 heteroatoms. The molecule has 102 valence electrons. The molecule has 0 bridgehead atoms. The molecule has 0 aliphatic carbocycles. The normalized spacial score (nSPS) is 9.00. The minimum atomic E-state index is 0.603. The maximum Gasteiger partial charge on any atom is 0.234 e. The maximum atomic E-state index is 9.89. The lowest BCUT2D eigenvalue weighted by Crippen LogP contribution is -2.04. The Morgan fingerprint density at radius 1 is 1.17 bits per heavy atom. The van der Waals surface area contributed by atoms with E-state index in [1.54, 1.807) is 6.08 Å². The van der Waals surface area contributed by atoms with Crippen molar-refractivity contribution in [2.45, 2.75) is 32.6 Å². The molecule has 0 spiro atoms. The second-order valence-corrected chi connectivity index (χ2v) is 4.20. The quantitative estimate of drug-likeness (QED) is 0.312. The zero-order valence-corrected chi connectivity index (χ0v) is 12.5. The van der Waals surface area contributed by atoms with E-state index < -0.39 is 0 Å². The van der Waals surface area contributed by atoms with E-state index in [9.17, 15) is 4.79 Å². The zero-order valence-electron chi connectivity index (χ0n) is 10.4. The summed E-state index contributed by atoms with van der Waals surface area (Å²) in [7, 11) is 0. The van der Waals surface area contributed by atoms with Crippen LogP contribution in [0.3, 0.4) is 0 Å². The Bertz CT molecular complexity index is 267. The molecule has 0 saturated carbocycles. The molecule has 2 N–H and O–H groups in total. The van der Waals surface area contributed by atoms with Crippen LogP contribution in [0.1, 0.15) is 32.6 Å². The molecule has 0 aromatic carbocycles. The molecule has 1 atom stereocenters. The highest BCUT2D eigenvalue weighted by Crippen LogP contribution is 2.14. The summed E-state index contributed by atoms with van der Waals surface area (Å²) < 4.78 is 1.20. The first-order chi connectivity index (χ1) is 8.67. The molecule has 0 aliphatic rings. The summed E-state index contributed by atoms with van der Waals surface area (Å²) in [6.45, 7) is 2.84. The Kier molecular flexibility index (Phi) is 30.6. The molecule has 0 amide bonds. The van der Waals surface area contributed by atoms with Crippen LogP contribution in [0.15, 0.2) is 4.99 Å². The molecular formula is C11H18IN3O3. The first-order valence-corrected chi connectivity index (χ1v) is 6.88. The minimum Gasteiger partial charge on any atom is -0.222 e. The van der Waals surface area contributed by atoms with Crippen molar-refractivity contribution in [3.8, 4) is 0 Å². The van der Waals surface area contributed by atoms with Gasteiger partial charge in [0.2, 0.25) is 18.2 Å². The average Bonchev–Trinajstić information content (AvgIpc) is 2.35. The molecule has 6 nitrogen and oxygen atoms in total. The van der Waals surface area contributed by atoms with Crippen molar-refractivity contribution in [2.75, 3.05) is 11.0 Å². The van der Waals surface area contributed by atoms with Gasteiger partial charge < -0.3 is 0 Å². The fourth-order valence-corrected chi connectivity index (χ4v) is 1.71. The molecule has 0 aromatic rings. The lowest BCUT2D eigenvalue weighted by Gasteiger charge is -2.10. The van der Waals surface area contributed by atoms with E-state index in [0.29, 0.717) is 12.5 Å². The van der Waals surface area contributed by atoms with E-state index in [1.807, 2.05) is 0 Å². The average molecular weight is 367 g/mol. The van der Waals surface area contributed by atoms with Gasteiger partial charge in [-0.3, -0.25) is 0 Å². The van der Waals surface area contributed by atoms with E-state index in [-0.39, 0.29) is 0 Å². The number of nitrogens with one attached hydrogen (secondary N) is 2. The van der Waals surface area contributed by atoms with Crippen molar-refractivity contribution in [3.05, 3.63) is 0 Å². The topological polar surface area (TPSA) is 111 Å². The highest BCUT2D eigenvalue weighted by Gasteiger charge is 2.05. The van der Waals surface area contributed by atoms with Gasteiger partial charge in [-0.15, -0.1) is 0 Å². The summed E-state index contributed by atoms with van der Waals surface area (Å²) >= 11 is 2.38.